The first kappa shape index (κ1) is 39.1. The molecule has 0 aliphatic carbocycles. The molecule has 0 radical (unpaired) electrons. The van der Waals surface area contributed by atoms with Gasteiger partial charge in [-0.25, -0.2) is 23.0 Å². The summed E-state index contributed by atoms with van der Waals surface area (Å²) in [5.41, 5.74) is 3.15. The number of anilines is 2. The summed E-state index contributed by atoms with van der Waals surface area (Å²) in [6, 6.07) is 18.9. The zero-order valence-corrected chi connectivity index (χ0v) is 32.5. The zero-order valence-electron chi connectivity index (χ0n) is 30.2. The van der Waals surface area contributed by atoms with Crippen molar-refractivity contribution in [3.63, 3.8) is 0 Å². The lowest BCUT2D eigenvalue weighted by Gasteiger charge is -2.44. The monoisotopic (exact) mass is 797 g/mol. The molecule has 2 N–H and O–H groups in total. The molecular weight excluding hydrogens is 755 g/mol. The van der Waals surface area contributed by atoms with E-state index < -0.39 is 22.1 Å². The minimum atomic E-state index is -3.57. The summed E-state index contributed by atoms with van der Waals surface area (Å²) in [4.78, 5) is 34.2. The number of nitrogens with zero attached hydrogens (tertiary/aromatic N) is 2. The van der Waals surface area contributed by atoms with E-state index in [0.717, 1.165) is 37.8 Å². The molecule has 3 fully saturated rings. The first-order valence-corrected chi connectivity index (χ1v) is 20.2. The summed E-state index contributed by atoms with van der Waals surface area (Å²) in [6.45, 7) is 2.69. The summed E-state index contributed by atoms with van der Waals surface area (Å²) in [6.07, 6.45) is 5.81. The molecule has 4 aromatic rings. The molecule has 3 aliphatic heterocycles. The molecule has 54 heavy (non-hydrogen) atoms. The highest BCUT2D eigenvalue weighted by atomic mass is 35.5. The third-order valence-electron chi connectivity index (χ3n) is 9.78. The van der Waals surface area contributed by atoms with Gasteiger partial charge >= 0.3 is 12.1 Å². The molecule has 3 aromatic carbocycles. The van der Waals surface area contributed by atoms with E-state index in [0.29, 0.717) is 57.0 Å². The number of pyridine rings is 1. The Labute approximate surface area is 325 Å². The van der Waals surface area contributed by atoms with Gasteiger partial charge in [-0.05, 0) is 91.9 Å². The van der Waals surface area contributed by atoms with Gasteiger partial charge in [-0.2, -0.15) is 0 Å². The van der Waals surface area contributed by atoms with Gasteiger partial charge in [0, 0.05) is 23.7 Å². The first-order valence-electron chi connectivity index (χ1n) is 17.5. The molecule has 0 saturated carbocycles. The van der Waals surface area contributed by atoms with E-state index in [9.17, 15) is 18.0 Å². The van der Waals surface area contributed by atoms with E-state index in [-0.39, 0.29) is 36.7 Å². The predicted molar refractivity (Wildman–Crippen MR) is 206 cm³/mol. The van der Waals surface area contributed by atoms with Gasteiger partial charge in [-0.15, -0.1) is 0 Å². The first-order chi connectivity index (χ1) is 25.9. The Morgan fingerprint density at radius 1 is 0.963 bits per heavy atom. The number of piperidine rings is 3. The fourth-order valence-electron chi connectivity index (χ4n) is 6.99. The number of rotatable bonds is 14. The Morgan fingerprint density at radius 3 is 2.35 bits per heavy atom. The van der Waals surface area contributed by atoms with E-state index in [1.54, 1.807) is 81.2 Å². The number of amides is 1. The number of carbonyl (C=O) groups is 2. The zero-order chi connectivity index (χ0) is 38.4. The number of nitrogens with one attached hydrogen (secondary N) is 2. The molecule has 4 heterocycles. The van der Waals surface area contributed by atoms with Crippen molar-refractivity contribution in [3.8, 4) is 11.5 Å². The second kappa shape index (κ2) is 17.3. The number of hydrogen-bond acceptors (Lipinski definition) is 9. The van der Waals surface area contributed by atoms with E-state index >= 15 is 0 Å². The molecule has 0 unspecified atom stereocenters. The summed E-state index contributed by atoms with van der Waals surface area (Å²) in [5, 5.41) is 0.891. The smallest absolute Gasteiger partial charge is 0.414 e. The summed E-state index contributed by atoms with van der Waals surface area (Å²) in [5.74, 6) is 0.429. The molecule has 0 spiro atoms. The summed E-state index contributed by atoms with van der Waals surface area (Å²) < 4.78 is 49.5. The quantitative estimate of drug-likeness (QED) is 0.140. The number of ether oxygens (including phenoxy) is 4. The van der Waals surface area contributed by atoms with Gasteiger partial charge < -0.3 is 18.9 Å². The van der Waals surface area contributed by atoms with Crippen molar-refractivity contribution in [2.75, 3.05) is 56.3 Å². The average molecular weight is 799 g/mol. The Morgan fingerprint density at radius 2 is 1.69 bits per heavy atom. The number of benzene rings is 3. The van der Waals surface area contributed by atoms with E-state index in [2.05, 4.69) is 14.6 Å². The molecule has 7 rings (SSSR count). The maximum absolute atomic E-state index is 13.9. The van der Waals surface area contributed by atoms with Crippen LogP contribution in [0.2, 0.25) is 10.0 Å². The molecule has 1 amide bonds. The number of esters is 1. The number of hydrogen-bond donors (Lipinski definition) is 1. The molecule has 15 heteroatoms. The number of H-pyrrole nitrogens is 1. The third-order valence-corrected chi connectivity index (χ3v) is 11.1. The molecular formula is C39H43Cl2N4O8S+. The molecule has 2 bridgehead atoms. The Bertz CT molecular complexity index is 2070. The second-order valence-electron chi connectivity index (χ2n) is 13.5. The van der Waals surface area contributed by atoms with Crippen LogP contribution in [0.3, 0.4) is 0 Å². The molecule has 2 atom stereocenters. The minimum absolute atomic E-state index is 0.0119. The van der Waals surface area contributed by atoms with Crippen LogP contribution in [0.25, 0.3) is 0 Å². The predicted octanol–water partition coefficient (Wildman–Crippen LogP) is 6.62. The number of sulfonamides is 1. The number of halogens is 2. The number of aromatic nitrogens is 1. The number of fused-ring (bicyclic) bond motifs is 3. The SMILES string of the molecule is COc1ccc([C@@H](COC(=O)c2cccc(CN(C(=O)O[C@H]3CN4CCC3CC4)c3cccc(NS(C)(=O)=O)c3)c2)Cc2c(Cl)c[nH+]cc2Cl)cc1OC. The van der Waals surface area contributed by atoms with Crippen molar-refractivity contribution in [1.29, 1.82) is 0 Å². The van der Waals surface area contributed by atoms with E-state index in [4.69, 9.17) is 42.1 Å². The minimum Gasteiger partial charge on any atom is -0.493 e. The van der Waals surface area contributed by atoms with Crippen molar-refractivity contribution in [2.45, 2.75) is 37.8 Å². The molecule has 1 aromatic heterocycles. The van der Waals surface area contributed by atoms with E-state index in [1.807, 2.05) is 12.1 Å². The highest BCUT2D eigenvalue weighted by Crippen LogP contribution is 2.35. The number of carbonyl (C=O) groups excluding carboxylic acids is 2. The van der Waals surface area contributed by atoms with Crippen LogP contribution < -0.4 is 24.1 Å². The van der Waals surface area contributed by atoms with E-state index in [1.165, 1.54) is 4.90 Å². The second-order valence-corrected chi connectivity index (χ2v) is 16.1. The lowest BCUT2D eigenvalue weighted by molar-refractivity contribution is -0.377. The van der Waals surface area contributed by atoms with Crippen LogP contribution in [-0.4, -0.2) is 78.2 Å². The maximum atomic E-state index is 13.9. The standard InChI is InChI=1S/C39H42Cl2N4O8S/c1-50-35-11-10-27(18-36(35)51-2)29(17-32-33(40)20-42-21-34(32)41)24-52-38(46)28-7-4-6-25(16-28)22-45(31-9-5-8-30(19-31)43-54(3,48)49)39(47)53-37-23-44-14-12-26(37)13-15-44/h4-11,16,18-21,26,29,37,43H,12-15,17,22-24H2,1-3H3/p+1/t29-,37+/m1/s1. The van der Waals surface area contributed by atoms with Crippen LogP contribution in [0.15, 0.2) is 79.1 Å². The van der Waals surface area contributed by atoms with Gasteiger partial charge in [0.2, 0.25) is 10.0 Å². The largest absolute Gasteiger partial charge is 0.493 e. The fraction of sp³-hybridized carbons (Fsp3) is 0.359. The fourth-order valence-corrected chi connectivity index (χ4v) is 8.07. The van der Waals surface area contributed by atoms with Crippen LogP contribution in [0.4, 0.5) is 16.2 Å². The van der Waals surface area contributed by atoms with Crippen LogP contribution in [0.5, 0.6) is 11.5 Å². The number of aromatic amines is 1. The van der Waals surface area contributed by atoms with Gasteiger partial charge in [-0.3, -0.25) is 14.5 Å². The normalized spacial score (nSPS) is 18.4. The third kappa shape index (κ3) is 9.75. The Balaban J connectivity index is 1.23. The van der Waals surface area contributed by atoms with Crippen molar-refractivity contribution >= 4 is 56.7 Å². The van der Waals surface area contributed by atoms with Crippen LogP contribution >= 0.6 is 23.2 Å². The van der Waals surface area contributed by atoms with Crippen molar-refractivity contribution in [3.05, 3.63) is 111 Å². The van der Waals surface area contributed by atoms with Crippen molar-refractivity contribution < 1.29 is 41.9 Å². The van der Waals surface area contributed by atoms with Gasteiger partial charge in [-0.1, -0.05) is 47.5 Å². The number of methoxy groups -OCH3 is 2. The summed E-state index contributed by atoms with van der Waals surface area (Å²) in [7, 11) is -0.467. The molecule has 3 saturated heterocycles. The van der Waals surface area contributed by atoms with Crippen LogP contribution in [0, 0.1) is 5.92 Å². The lowest BCUT2D eigenvalue weighted by atomic mass is 9.86. The highest BCUT2D eigenvalue weighted by Gasteiger charge is 2.37. The summed E-state index contributed by atoms with van der Waals surface area (Å²) >= 11 is 13.0. The Hall–Kier alpha value is -4.56. The van der Waals surface area contributed by atoms with Gasteiger partial charge in [0.25, 0.3) is 0 Å². The molecule has 3 aliphatic rings. The van der Waals surface area contributed by atoms with Crippen LogP contribution in [-0.2, 0) is 32.5 Å². The average Bonchev–Trinajstić information content (AvgIpc) is 3.16. The topological polar surface area (TPSA) is 138 Å². The van der Waals surface area contributed by atoms with Gasteiger partial charge in [0.1, 0.15) is 16.1 Å². The lowest BCUT2D eigenvalue weighted by Crippen LogP contribution is -2.53. The Kier molecular flexibility index (Phi) is 12.5. The highest BCUT2D eigenvalue weighted by molar-refractivity contribution is 7.92. The van der Waals surface area contributed by atoms with Crippen LogP contribution in [0.1, 0.15) is 45.8 Å². The van der Waals surface area contributed by atoms with Crippen molar-refractivity contribution in [2.24, 2.45) is 5.92 Å². The van der Waals surface area contributed by atoms with Gasteiger partial charge in [0.05, 0.1) is 44.9 Å². The maximum Gasteiger partial charge on any atom is 0.414 e. The molecule has 286 valence electrons. The molecule has 12 nitrogen and oxygen atoms in total. The van der Waals surface area contributed by atoms with Gasteiger partial charge in [0.15, 0.2) is 23.9 Å². The van der Waals surface area contributed by atoms with Crippen molar-refractivity contribution in [1.82, 2.24) is 4.90 Å².